The van der Waals surface area contributed by atoms with E-state index >= 15 is 0 Å². The van der Waals surface area contributed by atoms with Gasteiger partial charge in [-0.25, -0.2) is 0 Å². The van der Waals surface area contributed by atoms with Crippen molar-refractivity contribution in [3.05, 3.63) is 51.6 Å². The Morgan fingerprint density at radius 2 is 1.57 bits per heavy atom. The molecule has 0 heterocycles. The number of ketones is 3. The first-order valence-electron chi connectivity index (χ1n) is 14.6. The number of aromatic hydroxyl groups is 2. The van der Waals surface area contributed by atoms with Gasteiger partial charge < -0.3 is 41.6 Å². The number of amides is 1. The molecule has 4 rings (SSSR count). The van der Waals surface area contributed by atoms with Crippen LogP contribution in [0.4, 0.5) is 5.69 Å². The molecule has 0 aromatic heterocycles. The Morgan fingerprint density at radius 1 is 1.02 bits per heavy atom. The Morgan fingerprint density at radius 3 is 2.05 bits per heavy atom. The van der Waals surface area contributed by atoms with Crippen molar-refractivity contribution in [3.8, 4) is 11.5 Å². The number of fused-ring (bicyclic) bond motifs is 3. The number of nitrogens with one attached hydrogen (secondary N) is 2. The number of carbonyl (C=O) groups excluding carboxylic acids is 5. The molecule has 0 fully saturated rings. The summed E-state index contributed by atoms with van der Waals surface area (Å²) in [5.74, 6) is -2.11. The summed E-state index contributed by atoms with van der Waals surface area (Å²) in [6.07, 6.45) is 2.36. The van der Waals surface area contributed by atoms with Gasteiger partial charge in [-0.15, -0.1) is 0 Å². The molecule has 0 bridgehead atoms. The first-order chi connectivity index (χ1) is 20.7. The first kappa shape index (κ1) is 37.9. The molecule has 12 heteroatoms. The molecule has 0 aliphatic heterocycles. The standard InChI is InChI=1S/C21H19NO5.C5H10N2O2.C3H8O2.C3H8/c1-9(23)10-6-7-11-13(8-10)20(26)16-17(18(11)24)21(27)15-12(19(16)25)4-3-5-14(15)22-2;1-4(3-8)7-5(9)2-6;1-2-3(4)5;1-3-2/h3-5,10,22,24,26H,6-8H2,1-2H3;3-4H,2,6H2,1H3,(H,7,9);3-5H,2H2,1H3;3H2,1-2H3/t10-;;;/m0.../s1. The molecule has 0 saturated carbocycles. The smallest absolute Gasteiger partial charge is 0.234 e. The lowest BCUT2D eigenvalue weighted by Gasteiger charge is -2.29. The van der Waals surface area contributed by atoms with E-state index in [0.717, 1.165) is 0 Å². The average Bonchev–Trinajstić information content (AvgIpc) is 3.01. The largest absolute Gasteiger partial charge is 0.507 e. The summed E-state index contributed by atoms with van der Waals surface area (Å²) >= 11 is 0. The highest BCUT2D eigenvalue weighted by atomic mass is 16.5. The molecule has 2 aromatic rings. The van der Waals surface area contributed by atoms with Crippen molar-refractivity contribution in [3.63, 3.8) is 0 Å². The predicted molar refractivity (Wildman–Crippen MR) is 166 cm³/mol. The van der Waals surface area contributed by atoms with Gasteiger partial charge in [0, 0.05) is 35.3 Å². The Bertz CT molecular complexity index is 1360. The fraction of sp³-hybridized carbons (Fsp3) is 0.469. The lowest BCUT2D eigenvalue weighted by molar-refractivity contribution is -0.122. The van der Waals surface area contributed by atoms with E-state index < -0.39 is 23.9 Å². The van der Waals surface area contributed by atoms with Crippen LogP contribution in [0.5, 0.6) is 11.5 Å². The lowest BCUT2D eigenvalue weighted by atomic mass is 9.75. The van der Waals surface area contributed by atoms with Crippen LogP contribution in [0.25, 0.3) is 0 Å². The average molecular weight is 616 g/mol. The Kier molecular flexibility index (Phi) is 15.4. The molecule has 2 atom stereocenters. The van der Waals surface area contributed by atoms with Crippen LogP contribution < -0.4 is 16.4 Å². The SMILES string of the molecule is CC(C=O)NC(=O)CN.CCC.CCC(O)O.CNc1cccc2c1C(=O)c1c(O)c3c(c(O)c1C2=O)C[C@@H](C(C)=O)CC3. The number of aldehydes is 1. The summed E-state index contributed by atoms with van der Waals surface area (Å²) < 4.78 is 0. The number of anilines is 1. The number of phenolic OH excluding ortho intramolecular Hbond substituents is 2. The highest BCUT2D eigenvalue weighted by Crippen LogP contribution is 2.47. The van der Waals surface area contributed by atoms with Gasteiger partial charge in [-0.2, -0.15) is 0 Å². The van der Waals surface area contributed by atoms with E-state index in [-0.39, 0.29) is 64.3 Å². The summed E-state index contributed by atoms with van der Waals surface area (Å²) in [7, 11) is 1.65. The summed E-state index contributed by atoms with van der Waals surface area (Å²) in [5, 5.41) is 42.7. The number of phenols is 2. The van der Waals surface area contributed by atoms with E-state index in [4.69, 9.17) is 15.9 Å². The molecule has 0 saturated heterocycles. The fourth-order valence-electron chi connectivity index (χ4n) is 4.57. The number of hydrogen-bond donors (Lipinski definition) is 7. The monoisotopic (exact) mass is 615 g/mol. The van der Waals surface area contributed by atoms with Crippen molar-refractivity contribution in [2.75, 3.05) is 18.9 Å². The van der Waals surface area contributed by atoms with Gasteiger partial charge in [-0.3, -0.25) is 19.2 Å². The fourth-order valence-corrected chi connectivity index (χ4v) is 4.57. The van der Waals surface area contributed by atoms with Crippen molar-refractivity contribution in [2.45, 2.75) is 79.1 Å². The van der Waals surface area contributed by atoms with Crippen molar-refractivity contribution >= 4 is 35.2 Å². The van der Waals surface area contributed by atoms with Crippen LogP contribution in [0, 0.1) is 5.92 Å². The molecular formula is C32H45N3O9. The third-order valence-corrected chi connectivity index (χ3v) is 6.83. The normalized spacial score (nSPS) is 14.9. The molecule has 1 amide bonds. The van der Waals surface area contributed by atoms with Crippen LogP contribution in [-0.4, -0.2) is 75.9 Å². The molecule has 2 aliphatic carbocycles. The minimum Gasteiger partial charge on any atom is -0.507 e. The number of rotatable bonds is 6. The number of nitrogens with two attached hydrogens (primary N) is 1. The van der Waals surface area contributed by atoms with Gasteiger partial charge in [-0.1, -0.05) is 39.3 Å². The number of benzene rings is 2. The van der Waals surface area contributed by atoms with Gasteiger partial charge in [0.1, 0.15) is 23.6 Å². The molecule has 2 aliphatic rings. The number of hydrogen-bond acceptors (Lipinski definition) is 11. The molecule has 8 N–H and O–H groups in total. The van der Waals surface area contributed by atoms with E-state index in [2.05, 4.69) is 24.5 Å². The Hall–Kier alpha value is -4.13. The zero-order valence-corrected chi connectivity index (χ0v) is 26.2. The third-order valence-electron chi connectivity index (χ3n) is 6.83. The highest BCUT2D eigenvalue weighted by Gasteiger charge is 2.40. The third kappa shape index (κ3) is 9.18. The minimum absolute atomic E-state index is 0.00340. The molecule has 12 nitrogen and oxygen atoms in total. The van der Waals surface area contributed by atoms with Gasteiger partial charge in [0.2, 0.25) is 5.91 Å². The van der Waals surface area contributed by atoms with Crippen molar-refractivity contribution < 1.29 is 44.4 Å². The quantitative estimate of drug-likeness (QED) is 0.121. The van der Waals surface area contributed by atoms with E-state index in [1.807, 2.05) is 0 Å². The summed E-state index contributed by atoms with van der Waals surface area (Å²) in [4.78, 5) is 58.3. The molecule has 44 heavy (non-hydrogen) atoms. The summed E-state index contributed by atoms with van der Waals surface area (Å²) in [6.45, 7) is 8.96. The van der Waals surface area contributed by atoms with Gasteiger partial charge in [0.15, 0.2) is 17.9 Å². The lowest BCUT2D eigenvalue weighted by Crippen LogP contribution is -2.37. The van der Waals surface area contributed by atoms with E-state index in [1.54, 1.807) is 33.0 Å². The molecular weight excluding hydrogens is 570 g/mol. The topological polar surface area (TPSA) is 216 Å². The second kappa shape index (κ2) is 17.9. The van der Waals surface area contributed by atoms with Gasteiger partial charge >= 0.3 is 0 Å². The van der Waals surface area contributed by atoms with Gasteiger partial charge in [0.05, 0.1) is 29.3 Å². The molecule has 2 aromatic carbocycles. The number of carbonyl (C=O) groups is 5. The number of aliphatic hydroxyl groups excluding tert-OH is 1. The molecule has 1 unspecified atom stereocenters. The number of aliphatic hydroxyl groups is 2. The molecule has 242 valence electrons. The van der Waals surface area contributed by atoms with Gasteiger partial charge in [0.25, 0.3) is 0 Å². The number of Topliss-reactive ketones (excluding diaryl/α,β-unsaturated/α-hetero) is 1. The minimum atomic E-state index is -1.12. The van der Waals surface area contributed by atoms with E-state index in [9.17, 15) is 34.2 Å². The van der Waals surface area contributed by atoms with Crippen LogP contribution >= 0.6 is 0 Å². The maximum atomic E-state index is 13.1. The predicted octanol–water partition coefficient (Wildman–Crippen LogP) is 2.38. The Labute approximate surface area is 257 Å². The maximum absolute atomic E-state index is 13.1. The summed E-state index contributed by atoms with van der Waals surface area (Å²) in [5.41, 5.74) is 6.36. The Balaban J connectivity index is 0.000000472. The van der Waals surface area contributed by atoms with Crippen molar-refractivity contribution in [1.29, 1.82) is 0 Å². The first-order valence-corrected chi connectivity index (χ1v) is 14.6. The van der Waals surface area contributed by atoms with Crippen molar-refractivity contribution in [1.82, 2.24) is 5.32 Å². The zero-order chi connectivity index (χ0) is 33.7. The van der Waals surface area contributed by atoms with Crippen LogP contribution in [0.1, 0.15) is 96.9 Å². The van der Waals surface area contributed by atoms with Crippen LogP contribution in [-0.2, 0) is 27.2 Å². The second-order valence-electron chi connectivity index (χ2n) is 10.4. The second-order valence-corrected chi connectivity index (χ2v) is 10.4. The van der Waals surface area contributed by atoms with Crippen molar-refractivity contribution in [2.24, 2.45) is 11.7 Å². The molecule has 0 radical (unpaired) electrons. The molecule has 0 spiro atoms. The van der Waals surface area contributed by atoms with E-state index in [0.29, 0.717) is 42.4 Å². The highest BCUT2D eigenvalue weighted by molar-refractivity contribution is 6.32. The van der Waals surface area contributed by atoms with Crippen LogP contribution in [0.3, 0.4) is 0 Å². The summed E-state index contributed by atoms with van der Waals surface area (Å²) in [6, 6.07) is 4.44. The van der Waals surface area contributed by atoms with Crippen LogP contribution in [0.15, 0.2) is 18.2 Å². The maximum Gasteiger partial charge on any atom is 0.234 e. The van der Waals surface area contributed by atoms with Crippen LogP contribution in [0.2, 0.25) is 0 Å². The van der Waals surface area contributed by atoms with E-state index in [1.165, 1.54) is 19.4 Å². The zero-order valence-electron chi connectivity index (χ0n) is 26.2. The van der Waals surface area contributed by atoms with Gasteiger partial charge in [-0.05, 0) is 45.6 Å².